The smallest absolute Gasteiger partial charge is 0.343 e. The number of methoxy groups -OCH3 is 2. The molecule has 2 aromatic rings. The average molecular weight is 472 g/mol. The van der Waals surface area contributed by atoms with Gasteiger partial charge in [0, 0.05) is 26.3 Å². The van der Waals surface area contributed by atoms with Crippen LogP contribution in [0.15, 0.2) is 36.5 Å². The number of aromatic nitrogens is 2. The number of hydrogen-bond donors (Lipinski definition) is 0. The molecule has 0 unspecified atom stereocenters. The van der Waals surface area contributed by atoms with Crippen LogP contribution in [0.5, 0.6) is 0 Å². The van der Waals surface area contributed by atoms with Crippen LogP contribution >= 0.6 is 0 Å². The predicted molar refractivity (Wildman–Crippen MR) is 130 cm³/mol. The van der Waals surface area contributed by atoms with Crippen LogP contribution < -0.4 is 4.90 Å². The van der Waals surface area contributed by atoms with E-state index in [0.717, 1.165) is 31.2 Å². The Morgan fingerprint density at radius 1 is 1.09 bits per heavy atom. The summed E-state index contributed by atoms with van der Waals surface area (Å²) in [6, 6.07) is 9.44. The van der Waals surface area contributed by atoms with Crippen LogP contribution in [0.2, 0.25) is 0 Å². The van der Waals surface area contributed by atoms with Gasteiger partial charge in [0.15, 0.2) is 5.82 Å². The van der Waals surface area contributed by atoms with Crippen molar-refractivity contribution in [2.24, 2.45) is 11.8 Å². The minimum Gasteiger partial charge on any atom is -0.462 e. The molecule has 0 radical (unpaired) electrons. The number of carbonyl (C=O) groups excluding carboxylic acids is 2. The Hall–Kier alpha value is -2.71. The van der Waals surface area contributed by atoms with Crippen molar-refractivity contribution in [3.05, 3.63) is 47.7 Å². The second-order valence-electron chi connectivity index (χ2n) is 9.00. The minimum absolute atomic E-state index is 0.0403. The van der Waals surface area contributed by atoms with Gasteiger partial charge in [-0.05, 0) is 44.1 Å². The molecule has 0 saturated heterocycles. The van der Waals surface area contributed by atoms with Crippen LogP contribution in [0.25, 0.3) is 0 Å². The molecule has 1 amide bonds. The van der Waals surface area contributed by atoms with Crippen LogP contribution in [-0.4, -0.2) is 61.7 Å². The third-order valence-corrected chi connectivity index (χ3v) is 6.34. The van der Waals surface area contributed by atoms with Gasteiger partial charge in [-0.2, -0.15) is 5.10 Å². The van der Waals surface area contributed by atoms with Crippen molar-refractivity contribution >= 4 is 17.7 Å². The number of nitrogens with zero attached hydrogens (tertiary/aromatic N) is 3. The molecule has 1 fully saturated rings. The van der Waals surface area contributed by atoms with E-state index in [0.29, 0.717) is 18.3 Å². The van der Waals surface area contributed by atoms with E-state index in [-0.39, 0.29) is 37.2 Å². The summed E-state index contributed by atoms with van der Waals surface area (Å²) in [6.07, 6.45) is 5.33. The van der Waals surface area contributed by atoms with Crippen LogP contribution in [0.3, 0.4) is 0 Å². The standard InChI is InChI=1S/C26H37N3O5/c1-5-34-26(31)23-16-28(15-20-9-7-6-8-10-20)27-24(23)29(22(17-32-3)18-33-4)25(30)21-13-11-19(2)12-14-21/h6-10,16,19,21-22H,5,11-15,17-18H2,1-4H3/t19-,21-. The monoisotopic (exact) mass is 471 g/mol. The van der Waals surface area contributed by atoms with Crippen LogP contribution in [-0.2, 0) is 25.5 Å². The van der Waals surface area contributed by atoms with Gasteiger partial charge >= 0.3 is 5.97 Å². The molecular formula is C26H37N3O5. The Morgan fingerprint density at radius 2 is 1.74 bits per heavy atom. The topological polar surface area (TPSA) is 82.9 Å². The van der Waals surface area contributed by atoms with Crippen molar-refractivity contribution in [1.82, 2.24) is 9.78 Å². The molecule has 1 aromatic carbocycles. The number of rotatable bonds is 11. The maximum absolute atomic E-state index is 13.9. The van der Waals surface area contributed by atoms with Gasteiger partial charge in [-0.1, -0.05) is 37.3 Å². The number of benzene rings is 1. The lowest BCUT2D eigenvalue weighted by Gasteiger charge is -2.35. The zero-order valence-corrected chi connectivity index (χ0v) is 20.7. The molecule has 34 heavy (non-hydrogen) atoms. The summed E-state index contributed by atoms with van der Waals surface area (Å²) in [5.41, 5.74) is 1.31. The lowest BCUT2D eigenvalue weighted by atomic mass is 9.82. The maximum atomic E-state index is 13.9. The first-order valence-corrected chi connectivity index (χ1v) is 12.1. The first kappa shape index (κ1) is 25.9. The maximum Gasteiger partial charge on any atom is 0.343 e. The van der Waals surface area contributed by atoms with Gasteiger partial charge in [0.05, 0.1) is 32.4 Å². The second-order valence-corrected chi connectivity index (χ2v) is 9.00. The van der Waals surface area contributed by atoms with Gasteiger partial charge in [-0.25, -0.2) is 4.79 Å². The molecule has 1 aliphatic carbocycles. The SMILES string of the molecule is CCOC(=O)c1cn(Cc2ccccc2)nc1N(C(=O)[C@H]1CC[C@H](C)CC1)C(COC)COC. The quantitative estimate of drug-likeness (QED) is 0.462. The Balaban J connectivity index is 2.04. The molecule has 1 saturated carbocycles. The fourth-order valence-corrected chi connectivity index (χ4v) is 4.54. The molecule has 0 atom stereocenters. The number of anilines is 1. The fourth-order valence-electron chi connectivity index (χ4n) is 4.54. The summed E-state index contributed by atoms with van der Waals surface area (Å²) in [5, 5.41) is 4.74. The number of hydrogen-bond acceptors (Lipinski definition) is 6. The van der Waals surface area contributed by atoms with Crippen molar-refractivity contribution in [2.75, 3.05) is 38.9 Å². The van der Waals surface area contributed by atoms with Crippen LogP contribution in [0.4, 0.5) is 5.82 Å². The summed E-state index contributed by atoms with van der Waals surface area (Å²) < 4.78 is 17.9. The first-order valence-electron chi connectivity index (χ1n) is 12.1. The highest BCUT2D eigenvalue weighted by atomic mass is 16.5. The van der Waals surface area contributed by atoms with Crippen molar-refractivity contribution in [2.45, 2.75) is 52.1 Å². The third-order valence-electron chi connectivity index (χ3n) is 6.34. The lowest BCUT2D eigenvalue weighted by molar-refractivity contribution is -0.124. The normalized spacial score (nSPS) is 18.1. The number of esters is 1. The first-order chi connectivity index (χ1) is 16.5. The molecule has 0 aliphatic heterocycles. The Kier molecular flexibility index (Phi) is 9.65. The van der Waals surface area contributed by atoms with Gasteiger partial charge in [-0.3, -0.25) is 14.4 Å². The van der Waals surface area contributed by atoms with Crippen molar-refractivity contribution < 1.29 is 23.8 Å². The summed E-state index contributed by atoms with van der Waals surface area (Å²) in [4.78, 5) is 28.5. The summed E-state index contributed by atoms with van der Waals surface area (Å²) in [5.74, 6) is 0.257. The fraction of sp³-hybridized carbons (Fsp3) is 0.577. The number of ether oxygens (including phenoxy) is 3. The zero-order chi connectivity index (χ0) is 24.5. The van der Waals surface area contributed by atoms with E-state index in [1.165, 1.54) is 0 Å². The van der Waals surface area contributed by atoms with E-state index in [2.05, 4.69) is 6.92 Å². The molecule has 1 heterocycles. The highest BCUT2D eigenvalue weighted by Crippen LogP contribution is 2.33. The Morgan fingerprint density at radius 3 is 2.32 bits per heavy atom. The molecule has 8 nitrogen and oxygen atoms in total. The molecular weight excluding hydrogens is 434 g/mol. The second kappa shape index (κ2) is 12.7. The molecule has 0 N–H and O–H groups in total. The molecule has 8 heteroatoms. The molecule has 0 spiro atoms. The van der Waals surface area contributed by atoms with Gasteiger partial charge in [0.2, 0.25) is 5.91 Å². The summed E-state index contributed by atoms with van der Waals surface area (Å²) >= 11 is 0. The lowest BCUT2D eigenvalue weighted by Crippen LogP contribution is -2.49. The van der Waals surface area contributed by atoms with Crippen molar-refractivity contribution in [1.29, 1.82) is 0 Å². The van der Waals surface area contributed by atoms with E-state index in [1.807, 2.05) is 30.3 Å². The van der Waals surface area contributed by atoms with E-state index in [4.69, 9.17) is 19.3 Å². The third kappa shape index (κ3) is 6.45. The van der Waals surface area contributed by atoms with Gasteiger partial charge < -0.3 is 14.2 Å². The number of amides is 1. The Labute approximate surface area is 202 Å². The van der Waals surface area contributed by atoms with Crippen molar-refractivity contribution in [3.63, 3.8) is 0 Å². The Bertz CT molecular complexity index is 916. The van der Waals surface area contributed by atoms with Gasteiger partial charge in [0.1, 0.15) is 5.56 Å². The highest BCUT2D eigenvalue weighted by molar-refractivity contribution is 6.02. The minimum atomic E-state index is -0.500. The van der Waals surface area contributed by atoms with Gasteiger partial charge in [0.25, 0.3) is 0 Å². The summed E-state index contributed by atoms with van der Waals surface area (Å²) in [6.45, 7) is 5.20. The average Bonchev–Trinajstić information content (AvgIpc) is 3.24. The molecule has 1 aliphatic rings. The molecule has 0 bridgehead atoms. The van der Waals surface area contributed by atoms with E-state index >= 15 is 0 Å². The van der Waals surface area contributed by atoms with E-state index in [9.17, 15) is 9.59 Å². The molecule has 186 valence electrons. The van der Waals surface area contributed by atoms with Crippen LogP contribution in [0.1, 0.15) is 55.5 Å². The zero-order valence-electron chi connectivity index (χ0n) is 20.7. The summed E-state index contributed by atoms with van der Waals surface area (Å²) in [7, 11) is 3.18. The van der Waals surface area contributed by atoms with E-state index in [1.54, 1.807) is 36.9 Å². The van der Waals surface area contributed by atoms with Crippen LogP contribution in [0, 0.1) is 11.8 Å². The largest absolute Gasteiger partial charge is 0.462 e. The predicted octanol–water partition coefficient (Wildman–Crippen LogP) is 3.93. The molecule has 3 rings (SSSR count). The van der Waals surface area contributed by atoms with Gasteiger partial charge in [-0.15, -0.1) is 0 Å². The highest BCUT2D eigenvalue weighted by Gasteiger charge is 2.37. The van der Waals surface area contributed by atoms with Crippen molar-refractivity contribution in [3.8, 4) is 0 Å². The van der Waals surface area contributed by atoms with E-state index < -0.39 is 12.0 Å². The molecule has 1 aromatic heterocycles. The number of carbonyl (C=O) groups is 2.